The van der Waals surface area contributed by atoms with Crippen molar-refractivity contribution in [2.75, 3.05) is 11.5 Å². The van der Waals surface area contributed by atoms with Gasteiger partial charge in [0.05, 0.1) is 16.1 Å². The Bertz CT molecular complexity index is 976. The van der Waals surface area contributed by atoms with E-state index in [9.17, 15) is 5.11 Å². The van der Waals surface area contributed by atoms with E-state index >= 15 is 0 Å². The predicted molar refractivity (Wildman–Crippen MR) is 169 cm³/mol. The summed E-state index contributed by atoms with van der Waals surface area (Å²) in [7, 11) is 0. The topological polar surface area (TPSA) is 26.7 Å². The molecule has 6 rings (SSSR count). The molecule has 0 aromatic carbocycles. The van der Waals surface area contributed by atoms with Gasteiger partial charge < -0.3 is 14.9 Å². The predicted octanol–water partition coefficient (Wildman–Crippen LogP) is 6.97. The monoisotopic (exact) mass is 594 g/mol. The summed E-state index contributed by atoms with van der Waals surface area (Å²) in [4.78, 5) is 11.4. The fourth-order valence-electron chi connectivity index (χ4n) is 6.62. The summed E-state index contributed by atoms with van der Waals surface area (Å²) in [5.74, 6) is 3.12. The summed E-state index contributed by atoms with van der Waals surface area (Å²) in [5.41, 5.74) is 0.234. The van der Waals surface area contributed by atoms with Gasteiger partial charge in [-0.2, -0.15) is 0 Å². The fraction of sp³-hybridized carbons (Fsp3) is 0.704. The van der Waals surface area contributed by atoms with E-state index < -0.39 is 0 Å². The Morgan fingerprint density at radius 2 is 1.19 bits per heavy atom. The minimum absolute atomic E-state index is 0.117. The lowest BCUT2D eigenvalue weighted by Gasteiger charge is -2.39. The van der Waals surface area contributed by atoms with Gasteiger partial charge in [0.15, 0.2) is 0 Å². The number of hydrogen-bond acceptors (Lipinski definition) is 7. The Morgan fingerprint density at radius 1 is 0.778 bits per heavy atom. The van der Waals surface area contributed by atoms with Crippen LogP contribution in [0.5, 0.6) is 0 Å². The van der Waals surface area contributed by atoms with Crippen LogP contribution < -0.4 is 0 Å². The molecule has 0 radical (unpaired) electrons. The first-order valence-corrected chi connectivity index (χ1v) is 17.1. The van der Waals surface area contributed by atoms with Gasteiger partial charge in [-0.1, -0.05) is 48.9 Å². The Morgan fingerprint density at radius 3 is 1.58 bits per heavy atom. The highest BCUT2D eigenvalue weighted by Gasteiger charge is 2.53. The van der Waals surface area contributed by atoms with Crippen molar-refractivity contribution in [2.45, 2.75) is 94.2 Å². The van der Waals surface area contributed by atoms with E-state index in [1.165, 1.54) is 35.5 Å². The van der Waals surface area contributed by atoms with Gasteiger partial charge in [0.2, 0.25) is 0 Å². The zero-order valence-electron chi connectivity index (χ0n) is 20.6. The van der Waals surface area contributed by atoms with Crippen LogP contribution in [0.25, 0.3) is 0 Å². The second kappa shape index (κ2) is 10.3. The summed E-state index contributed by atoms with van der Waals surface area (Å²) < 4.78 is 0. The first-order chi connectivity index (χ1) is 17.3. The number of thiocarbonyl (C=S) groups is 4. The molecule has 194 valence electrons. The first kappa shape index (κ1) is 26.3. The molecule has 3 nitrogen and oxygen atoms in total. The van der Waals surface area contributed by atoms with Crippen LogP contribution in [0.1, 0.15) is 77.0 Å². The highest BCUT2D eigenvalue weighted by Crippen LogP contribution is 2.53. The lowest BCUT2D eigenvalue weighted by Crippen LogP contribution is -2.49. The number of nitrogens with zero attached hydrogens (tertiary/aromatic N) is 2. The molecule has 2 saturated carbocycles. The third-order valence-corrected chi connectivity index (χ3v) is 12.9. The van der Waals surface area contributed by atoms with Crippen molar-refractivity contribution in [2.24, 2.45) is 11.8 Å². The summed E-state index contributed by atoms with van der Waals surface area (Å²) in [6.07, 6.45) is 17.0. The SMILES string of the molecule is OC(CCCC1(N2C(=S)C=C3SCCC3C2=S)CC1)CCCC1(N2C(=S)C=C3SCCC3C2=S)CC1. The Balaban J connectivity index is 0.973. The lowest BCUT2D eigenvalue weighted by atomic mass is 9.95. The maximum atomic E-state index is 10.8. The quantitative estimate of drug-likeness (QED) is 0.269. The van der Waals surface area contributed by atoms with Crippen LogP contribution in [0.4, 0.5) is 0 Å². The smallest absolute Gasteiger partial charge is 0.108 e. The largest absolute Gasteiger partial charge is 0.393 e. The van der Waals surface area contributed by atoms with E-state index in [1.807, 2.05) is 23.5 Å². The molecule has 0 aromatic heterocycles. The molecule has 1 N–H and O–H groups in total. The molecule has 0 spiro atoms. The normalized spacial score (nSPS) is 30.7. The highest BCUT2D eigenvalue weighted by atomic mass is 32.2. The summed E-state index contributed by atoms with van der Waals surface area (Å²) in [6, 6.07) is 0. The van der Waals surface area contributed by atoms with Gasteiger partial charge in [-0.25, -0.2) is 0 Å². The average Bonchev–Trinajstić information content (AvgIpc) is 3.66. The fourth-order valence-corrected chi connectivity index (χ4v) is 11.4. The lowest BCUT2D eigenvalue weighted by molar-refractivity contribution is 0.142. The number of aliphatic hydroxyl groups is 1. The number of aliphatic hydroxyl groups excluding tert-OH is 1. The first-order valence-electron chi connectivity index (χ1n) is 13.5. The third-order valence-electron chi connectivity index (χ3n) is 9.01. The van der Waals surface area contributed by atoms with Crippen molar-refractivity contribution in [3.63, 3.8) is 0 Å². The molecule has 6 aliphatic rings. The Labute approximate surface area is 245 Å². The molecule has 4 heterocycles. The molecule has 4 aliphatic heterocycles. The van der Waals surface area contributed by atoms with E-state index in [2.05, 4.69) is 22.0 Å². The molecular weight excluding hydrogens is 561 g/mol. The van der Waals surface area contributed by atoms with Crippen LogP contribution in [0.15, 0.2) is 22.0 Å². The third kappa shape index (κ3) is 4.81. The van der Waals surface area contributed by atoms with Gasteiger partial charge in [0, 0.05) is 22.9 Å². The standard InChI is InChI=1S/C27H34N2OS6/c30-17(3-1-7-26(9-10-26)28-22(31)15-20-18(24(28)33)5-13-35-20)4-2-8-27(11-12-27)29-23(32)16-21-19(25(29)34)6-14-36-21/h15-19,30H,1-14H2. The average molecular weight is 595 g/mol. The Kier molecular flexibility index (Phi) is 7.50. The molecule has 0 amide bonds. The van der Waals surface area contributed by atoms with Crippen LogP contribution in [-0.2, 0) is 0 Å². The number of fused-ring (bicyclic) bond motifs is 2. The molecule has 2 unspecified atom stereocenters. The second-order valence-electron chi connectivity index (χ2n) is 11.4. The molecule has 2 saturated heterocycles. The molecule has 9 heteroatoms. The van der Waals surface area contributed by atoms with Crippen LogP contribution in [0.3, 0.4) is 0 Å². The van der Waals surface area contributed by atoms with E-state index in [-0.39, 0.29) is 17.2 Å². The van der Waals surface area contributed by atoms with Crippen LogP contribution in [0.2, 0.25) is 0 Å². The minimum Gasteiger partial charge on any atom is -0.393 e. The number of rotatable bonds is 10. The van der Waals surface area contributed by atoms with Crippen molar-refractivity contribution in [3.05, 3.63) is 22.0 Å². The molecule has 0 aromatic rings. The minimum atomic E-state index is -0.243. The maximum absolute atomic E-state index is 10.8. The van der Waals surface area contributed by atoms with E-state index in [4.69, 9.17) is 48.9 Å². The highest BCUT2D eigenvalue weighted by molar-refractivity contribution is 8.03. The number of hydrogen-bond donors (Lipinski definition) is 1. The maximum Gasteiger partial charge on any atom is 0.108 e. The van der Waals surface area contributed by atoms with Gasteiger partial charge in [-0.05, 0) is 111 Å². The summed E-state index contributed by atoms with van der Waals surface area (Å²) in [6.45, 7) is 0. The van der Waals surface area contributed by atoms with Crippen LogP contribution >= 0.6 is 72.4 Å². The molecule has 2 aliphatic carbocycles. The molecular formula is C27H34N2OS6. The van der Waals surface area contributed by atoms with Gasteiger partial charge in [-0.15, -0.1) is 23.5 Å². The zero-order chi connectivity index (χ0) is 25.1. The van der Waals surface area contributed by atoms with E-state index in [1.54, 1.807) is 0 Å². The van der Waals surface area contributed by atoms with Crippen molar-refractivity contribution >= 4 is 92.3 Å². The van der Waals surface area contributed by atoms with Gasteiger partial charge >= 0.3 is 0 Å². The van der Waals surface area contributed by atoms with E-state index in [0.717, 1.165) is 82.8 Å². The molecule has 36 heavy (non-hydrogen) atoms. The van der Waals surface area contributed by atoms with Crippen molar-refractivity contribution in [3.8, 4) is 0 Å². The van der Waals surface area contributed by atoms with Crippen LogP contribution in [-0.4, -0.2) is 63.5 Å². The van der Waals surface area contributed by atoms with Gasteiger partial charge in [0.25, 0.3) is 0 Å². The molecule has 2 atom stereocenters. The van der Waals surface area contributed by atoms with Gasteiger partial charge in [-0.3, -0.25) is 0 Å². The zero-order valence-corrected chi connectivity index (χ0v) is 25.5. The van der Waals surface area contributed by atoms with Crippen molar-refractivity contribution < 1.29 is 5.11 Å². The Hall–Kier alpha value is 0.1000. The second-order valence-corrected chi connectivity index (χ2v) is 15.4. The van der Waals surface area contributed by atoms with Gasteiger partial charge in [0.1, 0.15) is 9.98 Å². The summed E-state index contributed by atoms with van der Waals surface area (Å²) in [5, 5.41) is 10.8. The van der Waals surface area contributed by atoms with Crippen molar-refractivity contribution in [1.29, 1.82) is 0 Å². The van der Waals surface area contributed by atoms with Crippen molar-refractivity contribution in [1.82, 2.24) is 9.80 Å². The number of thioether (sulfide) groups is 2. The molecule has 0 bridgehead atoms. The van der Waals surface area contributed by atoms with Crippen LogP contribution in [0, 0.1) is 11.8 Å². The summed E-state index contributed by atoms with van der Waals surface area (Å²) >= 11 is 27.3. The molecule has 4 fully saturated rings. The van der Waals surface area contributed by atoms with E-state index in [0.29, 0.717) is 11.8 Å².